The zero-order chi connectivity index (χ0) is 9.19. The van der Waals surface area contributed by atoms with E-state index in [0.29, 0.717) is 6.42 Å². The fourth-order valence-corrected chi connectivity index (χ4v) is 2.15. The topological polar surface area (TPSA) is 46.3 Å². The molecule has 0 aliphatic carbocycles. The normalized spacial score (nSPS) is 31.8. The minimum atomic E-state index is -0.173. The van der Waals surface area contributed by atoms with E-state index >= 15 is 0 Å². The number of carbonyl (C=O) groups excluding carboxylic acids is 1. The maximum absolute atomic E-state index is 10.8. The number of carbonyl (C=O) groups is 1. The van der Waals surface area contributed by atoms with Gasteiger partial charge in [0.05, 0.1) is 0 Å². The molecule has 1 atom stereocenters. The maximum Gasteiger partial charge on any atom is 0.218 e. The van der Waals surface area contributed by atoms with Crippen molar-refractivity contribution in [3.8, 4) is 0 Å². The van der Waals surface area contributed by atoms with Crippen LogP contribution in [0.2, 0.25) is 0 Å². The highest BCUT2D eigenvalue weighted by Crippen LogP contribution is 2.31. The van der Waals surface area contributed by atoms with Crippen molar-refractivity contribution in [2.45, 2.75) is 26.2 Å². The Balaban J connectivity index is 2.51. The van der Waals surface area contributed by atoms with Gasteiger partial charge in [-0.2, -0.15) is 0 Å². The van der Waals surface area contributed by atoms with Crippen molar-refractivity contribution in [2.75, 3.05) is 13.1 Å². The highest BCUT2D eigenvalue weighted by molar-refractivity contribution is 6.04. The lowest BCUT2D eigenvalue weighted by Crippen LogP contribution is -2.42. The van der Waals surface area contributed by atoms with E-state index in [9.17, 15) is 4.79 Å². The molecule has 1 aliphatic rings. The van der Waals surface area contributed by atoms with Crippen molar-refractivity contribution in [3.63, 3.8) is 0 Å². The van der Waals surface area contributed by atoms with Crippen LogP contribution >= 0.6 is 0 Å². The fourth-order valence-electron chi connectivity index (χ4n) is 2.15. The second-order valence-electron chi connectivity index (χ2n) is 4.30. The van der Waals surface area contributed by atoms with E-state index in [1.165, 1.54) is 6.42 Å². The molecule has 3 nitrogen and oxygen atoms in total. The van der Waals surface area contributed by atoms with Gasteiger partial charge in [0.25, 0.3) is 0 Å². The summed E-state index contributed by atoms with van der Waals surface area (Å²) in [5.41, 5.74) is 5.32. The van der Waals surface area contributed by atoms with Crippen LogP contribution in [0.5, 0.6) is 0 Å². The summed E-state index contributed by atoms with van der Waals surface area (Å²) in [7, 11) is 2.10. The number of piperidine rings is 1. The van der Waals surface area contributed by atoms with Gasteiger partial charge in [-0.25, -0.2) is 0 Å². The van der Waals surface area contributed by atoms with E-state index in [2.05, 4.69) is 19.7 Å². The maximum atomic E-state index is 10.8. The third kappa shape index (κ3) is 2.52. The van der Waals surface area contributed by atoms with Crippen LogP contribution in [0, 0.1) is 5.41 Å². The van der Waals surface area contributed by atoms with Crippen LogP contribution < -0.4 is 5.73 Å². The second-order valence-corrected chi connectivity index (χ2v) is 4.30. The van der Waals surface area contributed by atoms with Gasteiger partial charge in [0.1, 0.15) is 0 Å². The molecule has 68 valence electrons. The summed E-state index contributed by atoms with van der Waals surface area (Å²) in [5, 5.41) is 0. The van der Waals surface area contributed by atoms with Crippen molar-refractivity contribution < 1.29 is 4.79 Å². The lowest BCUT2D eigenvalue weighted by molar-refractivity contribution is -0.120. The molecule has 1 fully saturated rings. The first-order chi connectivity index (χ1) is 5.52. The van der Waals surface area contributed by atoms with E-state index in [-0.39, 0.29) is 11.3 Å². The smallest absolute Gasteiger partial charge is 0.218 e. The zero-order valence-electron chi connectivity index (χ0n) is 7.97. The van der Waals surface area contributed by atoms with Crippen LogP contribution in [0.15, 0.2) is 0 Å². The highest BCUT2D eigenvalue weighted by atomic mass is 16.1. The second kappa shape index (κ2) is 3.48. The summed E-state index contributed by atoms with van der Waals surface area (Å²) in [6, 6.07) is 0. The van der Waals surface area contributed by atoms with Gasteiger partial charge in [-0.05, 0) is 31.3 Å². The third-order valence-electron chi connectivity index (χ3n) is 2.57. The number of amides is 1. The fraction of sp³-hybridized carbons (Fsp3) is 0.875. The van der Waals surface area contributed by atoms with Crippen LogP contribution in [0.4, 0.5) is 0 Å². The zero-order valence-corrected chi connectivity index (χ0v) is 7.97. The van der Waals surface area contributed by atoms with Crippen molar-refractivity contribution in [2.24, 2.45) is 11.1 Å². The first kappa shape index (κ1) is 9.58. The molecule has 0 bridgehead atoms. The number of primary amides is 1. The standard InChI is InChI=1S/C8H17BN2O/c1-8(5-7(10)12)3-2-4-11(9)6-8/h2-6,9H2,1H3,(H2,10,12). The Kier molecular flexibility index (Phi) is 2.78. The number of hydrogen-bond acceptors (Lipinski definition) is 2. The lowest BCUT2D eigenvalue weighted by Gasteiger charge is -2.38. The Bertz CT molecular complexity index is 186. The van der Waals surface area contributed by atoms with E-state index in [1.54, 1.807) is 0 Å². The predicted octanol–water partition coefficient (Wildman–Crippen LogP) is -0.488. The Morgan fingerprint density at radius 2 is 2.42 bits per heavy atom. The van der Waals surface area contributed by atoms with E-state index in [1.807, 2.05) is 0 Å². The van der Waals surface area contributed by atoms with Gasteiger partial charge in [0.2, 0.25) is 5.91 Å². The van der Waals surface area contributed by atoms with Gasteiger partial charge in [0, 0.05) is 6.42 Å². The summed E-state index contributed by atoms with van der Waals surface area (Å²) >= 11 is 0. The van der Waals surface area contributed by atoms with E-state index in [4.69, 9.17) is 5.73 Å². The molecule has 4 heteroatoms. The molecule has 1 heterocycles. The van der Waals surface area contributed by atoms with Crippen LogP contribution in [-0.4, -0.2) is 31.8 Å². The van der Waals surface area contributed by atoms with Crippen molar-refractivity contribution >= 4 is 13.9 Å². The Labute approximate surface area is 74.7 Å². The van der Waals surface area contributed by atoms with Crippen LogP contribution in [0.1, 0.15) is 26.2 Å². The molecular weight excluding hydrogens is 151 g/mol. The minimum Gasteiger partial charge on any atom is -0.370 e. The summed E-state index contributed by atoms with van der Waals surface area (Å²) < 4.78 is 0. The first-order valence-corrected chi connectivity index (χ1v) is 4.49. The van der Waals surface area contributed by atoms with Gasteiger partial charge in [-0.3, -0.25) is 4.79 Å². The largest absolute Gasteiger partial charge is 0.370 e. The molecule has 1 unspecified atom stereocenters. The molecular formula is C8H17BN2O. The van der Waals surface area contributed by atoms with Gasteiger partial charge in [0.15, 0.2) is 7.98 Å². The number of nitrogens with zero attached hydrogens (tertiary/aromatic N) is 1. The molecule has 0 aromatic rings. The molecule has 12 heavy (non-hydrogen) atoms. The van der Waals surface area contributed by atoms with Gasteiger partial charge in [-0.15, -0.1) is 0 Å². The molecule has 0 radical (unpaired) electrons. The van der Waals surface area contributed by atoms with E-state index in [0.717, 1.165) is 19.5 Å². The highest BCUT2D eigenvalue weighted by Gasteiger charge is 2.30. The molecule has 0 spiro atoms. The van der Waals surface area contributed by atoms with Crippen molar-refractivity contribution in [3.05, 3.63) is 0 Å². The molecule has 1 aliphatic heterocycles. The van der Waals surface area contributed by atoms with Crippen LogP contribution in [-0.2, 0) is 4.79 Å². The molecule has 0 aromatic heterocycles. The summed E-state index contributed by atoms with van der Waals surface area (Å²) in [6.45, 7) is 4.29. The number of nitrogens with two attached hydrogens (primary N) is 1. The van der Waals surface area contributed by atoms with Gasteiger partial charge in [-0.1, -0.05) is 6.92 Å². The number of rotatable bonds is 2. The van der Waals surface area contributed by atoms with Crippen LogP contribution in [0.3, 0.4) is 0 Å². The molecule has 0 saturated carbocycles. The average Bonchev–Trinajstić information content (AvgIpc) is 1.82. The van der Waals surface area contributed by atoms with Crippen molar-refractivity contribution in [1.82, 2.24) is 4.81 Å². The molecule has 1 rings (SSSR count). The molecule has 2 N–H and O–H groups in total. The minimum absolute atomic E-state index is 0.124. The average molecular weight is 168 g/mol. The lowest BCUT2D eigenvalue weighted by atomic mass is 9.78. The quantitative estimate of drug-likeness (QED) is 0.565. The summed E-state index contributed by atoms with van der Waals surface area (Å²) in [4.78, 5) is 13.1. The summed E-state index contributed by atoms with van der Waals surface area (Å²) in [5.74, 6) is -0.173. The Morgan fingerprint density at radius 3 is 2.92 bits per heavy atom. The third-order valence-corrected chi connectivity index (χ3v) is 2.57. The van der Waals surface area contributed by atoms with Gasteiger partial charge < -0.3 is 10.5 Å². The van der Waals surface area contributed by atoms with Gasteiger partial charge >= 0.3 is 0 Å². The Morgan fingerprint density at radius 1 is 1.75 bits per heavy atom. The molecule has 0 aromatic carbocycles. The summed E-state index contributed by atoms with van der Waals surface area (Å²) in [6.07, 6.45) is 2.83. The first-order valence-electron chi connectivity index (χ1n) is 4.49. The van der Waals surface area contributed by atoms with Crippen LogP contribution in [0.25, 0.3) is 0 Å². The number of hydrogen-bond donors (Lipinski definition) is 1. The monoisotopic (exact) mass is 168 g/mol. The van der Waals surface area contributed by atoms with Crippen molar-refractivity contribution in [1.29, 1.82) is 0 Å². The molecule has 1 saturated heterocycles. The molecule has 1 amide bonds. The SMILES string of the molecule is BN1CCCC(C)(CC(N)=O)C1. The van der Waals surface area contributed by atoms with E-state index < -0.39 is 0 Å². The Hall–Kier alpha value is -0.505. The predicted molar refractivity (Wildman–Crippen MR) is 51.3 cm³/mol.